The van der Waals surface area contributed by atoms with Crippen molar-refractivity contribution in [2.75, 3.05) is 0 Å². The highest BCUT2D eigenvalue weighted by Crippen LogP contribution is 2.30. The van der Waals surface area contributed by atoms with Gasteiger partial charge in [-0.2, -0.15) is 4.98 Å². The minimum Gasteiger partial charge on any atom is -0.444 e. The fourth-order valence-corrected chi connectivity index (χ4v) is 2.93. The molecule has 1 aliphatic rings. The van der Waals surface area contributed by atoms with Gasteiger partial charge in [0.1, 0.15) is 11.1 Å². The second-order valence-corrected chi connectivity index (χ2v) is 8.89. The molecule has 1 N–H and O–H groups in total. The van der Waals surface area contributed by atoms with E-state index in [4.69, 9.17) is 9.26 Å². The summed E-state index contributed by atoms with van der Waals surface area (Å²) in [4.78, 5) is 19.0. The number of nitrogens with zero attached hydrogens (tertiary/aromatic N) is 3. The first-order chi connectivity index (χ1) is 13.1. The number of carbonyl (C=O) groups is 1. The van der Waals surface area contributed by atoms with Gasteiger partial charge in [-0.3, -0.25) is 4.90 Å². The molecular formula is C21H30N4O3. The van der Waals surface area contributed by atoms with Crippen molar-refractivity contribution >= 4 is 6.09 Å². The summed E-state index contributed by atoms with van der Waals surface area (Å²) >= 11 is 0. The van der Waals surface area contributed by atoms with Gasteiger partial charge < -0.3 is 14.6 Å². The van der Waals surface area contributed by atoms with Crippen LogP contribution >= 0.6 is 0 Å². The van der Waals surface area contributed by atoms with Crippen LogP contribution in [0.2, 0.25) is 0 Å². The number of nitrogens with one attached hydrogen (secondary N) is 1. The Morgan fingerprint density at radius 3 is 2.46 bits per heavy atom. The van der Waals surface area contributed by atoms with Gasteiger partial charge in [0.05, 0.1) is 6.54 Å². The quantitative estimate of drug-likeness (QED) is 0.775. The zero-order valence-corrected chi connectivity index (χ0v) is 17.4. The van der Waals surface area contributed by atoms with Crippen molar-refractivity contribution in [1.29, 1.82) is 0 Å². The molecule has 1 fully saturated rings. The van der Waals surface area contributed by atoms with E-state index in [-0.39, 0.29) is 0 Å². The van der Waals surface area contributed by atoms with Gasteiger partial charge in [0.25, 0.3) is 0 Å². The molecule has 1 saturated carbocycles. The van der Waals surface area contributed by atoms with Crippen molar-refractivity contribution < 1.29 is 14.1 Å². The van der Waals surface area contributed by atoms with Crippen molar-refractivity contribution in [3.8, 4) is 0 Å². The third kappa shape index (κ3) is 5.79. The van der Waals surface area contributed by atoms with E-state index in [1.807, 2.05) is 40.7 Å². The second-order valence-electron chi connectivity index (χ2n) is 8.89. The summed E-state index contributed by atoms with van der Waals surface area (Å²) in [6, 6.07) is 10.9. The molecule has 1 aromatic carbocycles. The van der Waals surface area contributed by atoms with E-state index in [9.17, 15) is 4.79 Å². The van der Waals surface area contributed by atoms with Crippen LogP contribution < -0.4 is 5.32 Å². The summed E-state index contributed by atoms with van der Waals surface area (Å²) in [5.74, 6) is 0.987. The van der Waals surface area contributed by atoms with Crippen molar-refractivity contribution in [3.63, 3.8) is 0 Å². The zero-order valence-electron chi connectivity index (χ0n) is 17.4. The average molecular weight is 386 g/mol. The second kappa shape index (κ2) is 7.91. The first kappa shape index (κ1) is 20.3. The third-order valence-electron chi connectivity index (χ3n) is 4.47. The molecule has 1 heterocycles. The molecule has 0 unspecified atom stereocenters. The summed E-state index contributed by atoms with van der Waals surface area (Å²) < 4.78 is 10.8. The average Bonchev–Trinajstić information content (AvgIpc) is 3.31. The molecule has 0 atom stereocenters. The summed E-state index contributed by atoms with van der Waals surface area (Å²) in [7, 11) is 0. The molecular weight excluding hydrogens is 356 g/mol. The summed E-state index contributed by atoms with van der Waals surface area (Å²) in [5, 5.41) is 6.91. The number of amides is 1. The number of hydrogen-bond donors (Lipinski definition) is 1. The molecule has 0 spiro atoms. The van der Waals surface area contributed by atoms with E-state index >= 15 is 0 Å². The van der Waals surface area contributed by atoms with Crippen molar-refractivity contribution in [3.05, 3.63) is 47.6 Å². The third-order valence-corrected chi connectivity index (χ3v) is 4.47. The molecule has 2 aromatic rings. The van der Waals surface area contributed by atoms with Crippen LogP contribution in [0.3, 0.4) is 0 Å². The highest BCUT2D eigenvalue weighted by Gasteiger charge is 2.33. The molecule has 0 radical (unpaired) electrons. The highest BCUT2D eigenvalue weighted by molar-refractivity contribution is 5.68. The number of aromatic nitrogens is 2. The Balaban J connectivity index is 1.64. The lowest BCUT2D eigenvalue weighted by atomic mass is 10.1. The molecule has 0 saturated heterocycles. The van der Waals surface area contributed by atoms with Gasteiger partial charge in [0.15, 0.2) is 5.82 Å². The van der Waals surface area contributed by atoms with Crippen LogP contribution in [0.15, 0.2) is 34.9 Å². The molecule has 28 heavy (non-hydrogen) atoms. The van der Waals surface area contributed by atoms with Crippen LogP contribution in [0.5, 0.6) is 0 Å². The number of benzene rings is 1. The maximum Gasteiger partial charge on any atom is 0.408 e. The molecule has 0 aliphatic heterocycles. The molecule has 0 bridgehead atoms. The Morgan fingerprint density at radius 1 is 1.18 bits per heavy atom. The van der Waals surface area contributed by atoms with Crippen LogP contribution in [0.25, 0.3) is 0 Å². The Labute approximate surface area is 166 Å². The monoisotopic (exact) mass is 386 g/mol. The Kier molecular flexibility index (Phi) is 5.74. The van der Waals surface area contributed by atoms with Crippen LogP contribution in [0.1, 0.15) is 64.7 Å². The van der Waals surface area contributed by atoms with E-state index in [1.54, 1.807) is 0 Å². The molecule has 3 rings (SSSR count). The van der Waals surface area contributed by atoms with E-state index < -0.39 is 17.2 Å². The minimum atomic E-state index is -0.798. The Hall–Kier alpha value is -2.41. The number of ether oxygens (including phenoxy) is 1. The summed E-state index contributed by atoms with van der Waals surface area (Å²) in [5.41, 5.74) is -0.0975. The first-order valence-electron chi connectivity index (χ1n) is 9.74. The highest BCUT2D eigenvalue weighted by atomic mass is 16.6. The molecule has 1 amide bonds. The molecule has 7 nitrogen and oxygen atoms in total. The van der Waals surface area contributed by atoms with Gasteiger partial charge in [-0.05, 0) is 53.0 Å². The number of alkyl carbamates (subject to hydrolysis) is 1. The smallest absolute Gasteiger partial charge is 0.408 e. The molecule has 1 aliphatic carbocycles. The Bertz CT molecular complexity index is 791. The minimum absolute atomic E-state index is 0.434. The van der Waals surface area contributed by atoms with Gasteiger partial charge in [0, 0.05) is 12.6 Å². The molecule has 1 aromatic heterocycles. The van der Waals surface area contributed by atoms with E-state index in [2.05, 4.69) is 44.6 Å². The Morgan fingerprint density at radius 2 is 1.86 bits per heavy atom. The van der Waals surface area contributed by atoms with E-state index in [1.165, 1.54) is 18.4 Å². The van der Waals surface area contributed by atoms with Crippen LogP contribution in [-0.4, -0.2) is 32.8 Å². The topological polar surface area (TPSA) is 80.5 Å². The number of hydrogen-bond acceptors (Lipinski definition) is 6. The normalized spacial score (nSPS) is 14.9. The maximum atomic E-state index is 12.1. The predicted molar refractivity (Wildman–Crippen MR) is 105 cm³/mol. The van der Waals surface area contributed by atoms with E-state index in [0.717, 1.165) is 6.54 Å². The van der Waals surface area contributed by atoms with Crippen molar-refractivity contribution in [2.45, 2.75) is 77.7 Å². The van der Waals surface area contributed by atoms with Gasteiger partial charge in [0.2, 0.25) is 5.89 Å². The molecule has 152 valence electrons. The van der Waals surface area contributed by atoms with Gasteiger partial charge in [-0.15, -0.1) is 0 Å². The summed E-state index contributed by atoms with van der Waals surface area (Å²) in [6.45, 7) is 10.6. The largest absolute Gasteiger partial charge is 0.444 e. The zero-order chi connectivity index (χ0) is 20.4. The van der Waals surface area contributed by atoms with Crippen LogP contribution in [0, 0.1) is 0 Å². The number of carbonyl (C=O) groups excluding carboxylic acids is 1. The lowest BCUT2D eigenvalue weighted by Crippen LogP contribution is -2.44. The lowest BCUT2D eigenvalue weighted by molar-refractivity contribution is 0.0465. The van der Waals surface area contributed by atoms with Gasteiger partial charge in [-0.25, -0.2) is 4.79 Å². The van der Waals surface area contributed by atoms with Crippen molar-refractivity contribution in [1.82, 2.24) is 20.4 Å². The predicted octanol–water partition coefficient (Wildman–Crippen LogP) is 3.99. The lowest BCUT2D eigenvalue weighted by Gasteiger charge is -2.26. The maximum absolute atomic E-state index is 12.1. The van der Waals surface area contributed by atoms with Gasteiger partial charge in [-0.1, -0.05) is 35.5 Å². The van der Waals surface area contributed by atoms with Gasteiger partial charge >= 0.3 is 6.09 Å². The standard InChI is InChI=1S/C21H30N4O3/c1-20(2,3)27-19(26)23-21(4,5)18-22-17(28-24-18)14-25(16-11-12-16)13-15-9-7-6-8-10-15/h6-10,16H,11-14H2,1-5H3,(H,23,26). The SMILES string of the molecule is CC(C)(C)OC(=O)NC(C)(C)c1noc(CN(Cc2ccccc2)C2CC2)n1. The van der Waals surface area contributed by atoms with Crippen LogP contribution in [-0.2, 0) is 23.4 Å². The van der Waals surface area contributed by atoms with E-state index in [0.29, 0.717) is 24.3 Å². The first-order valence-corrected chi connectivity index (χ1v) is 9.74. The fourth-order valence-electron chi connectivity index (χ4n) is 2.93. The van der Waals surface area contributed by atoms with Crippen LogP contribution in [0.4, 0.5) is 4.79 Å². The summed E-state index contributed by atoms with van der Waals surface area (Å²) in [6.07, 6.45) is 1.88. The molecule has 7 heteroatoms. The number of rotatable bonds is 7. The fraction of sp³-hybridized carbons (Fsp3) is 0.571. The van der Waals surface area contributed by atoms with Crippen molar-refractivity contribution in [2.24, 2.45) is 0 Å².